The zero-order valence-corrected chi connectivity index (χ0v) is 13.6. The lowest BCUT2D eigenvalue weighted by Gasteiger charge is -2.20. The standard InChI is InChI=1S/C15H22N6O3/c1-2-3-11(15(22)23)12(14-18-20-21-19-14)8-10-4-5-13(17-9-10)24-7-6-16/h4-5,9,11-12H,2-3,6-8,16H2,1H3,(H,22,23)(H,18,19,20,21)/t11-,12-/m0/s1. The average molecular weight is 334 g/mol. The van der Waals surface area contributed by atoms with Crippen molar-refractivity contribution in [2.24, 2.45) is 11.7 Å². The van der Waals surface area contributed by atoms with Crippen LogP contribution in [0.2, 0.25) is 0 Å². The van der Waals surface area contributed by atoms with Gasteiger partial charge in [-0.15, -0.1) is 10.2 Å². The van der Waals surface area contributed by atoms with Crippen molar-refractivity contribution in [3.05, 3.63) is 29.7 Å². The number of carboxylic acid groups (broad SMARTS) is 1. The lowest BCUT2D eigenvalue weighted by atomic mass is 9.83. The highest BCUT2D eigenvalue weighted by molar-refractivity contribution is 5.71. The molecule has 0 aliphatic heterocycles. The highest BCUT2D eigenvalue weighted by Crippen LogP contribution is 2.29. The summed E-state index contributed by atoms with van der Waals surface area (Å²) < 4.78 is 5.34. The van der Waals surface area contributed by atoms with Crippen LogP contribution in [0.15, 0.2) is 18.3 Å². The summed E-state index contributed by atoms with van der Waals surface area (Å²) in [7, 11) is 0. The normalized spacial score (nSPS) is 13.4. The van der Waals surface area contributed by atoms with Gasteiger partial charge in [0.1, 0.15) is 6.61 Å². The van der Waals surface area contributed by atoms with Crippen LogP contribution in [0, 0.1) is 5.92 Å². The van der Waals surface area contributed by atoms with E-state index < -0.39 is 11.9 Å². The number of hydrogen-bond acceptors (Lipinski definition) is 7. The maximum absolute atomic E-state index is 11.7. The van der Waals surface area contributed by atoms with Crippen LogP contribution in [-0.4, -0.2) is 49.8 Å². The van der Waals surface area contributed by atoms with Crippen molar-refractivity contribution in [2.75, 3.05) is 13.2 Å². The Labute approximate surface area is 139 Å². The molecule has 9 nitrogen and oxygen atoms in total. The lowest BCUT2D eigenvalue weighted by Crippen LogP contribution is -2.25. The van der Waals surface area contributed by atoms with Crippen molar-refractivity contribution in [1.82, 2.24) is 25.6 Å². The van der Waals surface area contributed by atoms with Gasteiger partial charge in [0.25, 0.3) is 0 Å². The van der Waals surface area contributed by atoms with Gasteiger partial charge in [0, 0.05) is 24.7 Å². The van der Waals surface area contributed by atoms with Crippen molar-refractivity contribution in [3.63, 3.8) is 0 Å². The zero-order valence-electron chi connectivity index (χ0n) is 13.6. The van der Waals surface area contributed by atoms with E-state index in [2.05, 4.69) is 25.6 Å². The van der Waals surface area contributed by atoms with Crippen LogP contribution in [0.3, 0.4) is 0 Å². The number of rotatable bonds is 10. The van der Waals surface area contributed by atoms with Crippen molar-refractivity contribution < 1.29 is 14.6 Å². The number of nitrogens with zero attached hydrogens (tertiary/aromatic N) is 4. The van der Waals surface area contributed by atoms with Crippen LogP contribution in [0.5, 0.6) is 5.88 Å². The van der Waals surface area contributed by atoms with Crippen LogP contribution < -0.4 is 10.5 Å². The Hall–Kier alpha value is -2.55. The number of carbonyl (C=O) groups is 1. The molecule has 0 aromatic carbocycles. The number of aromatic amines is 1. The number of pyridine rings is 1. The van der Waals surface area contributed by atoms with Crippen molar-refractivity contribution in [1.29, 1.82) is 0 Å². The number of nitrogens with two attached hydrogens (primary N) is 1. The molecule has 0 bridgehead atoms. The summed E-state index contributed by atoms with van der Waals surface area (Å²) in [5.41, 5.74) is 6.27. The predicted octanol–water partition coefficient (Wildman–Crippen LogP) is 0.759. The average Bonchev–Trinajstić information content (AvgIpc) is 3.11. The Morgan fingerprint density at radius 1 is 1.46 bits per heavy atom. The second-order valence-corrected chi connectivity index (χ2v) is 5.46. The van der Waals surface area contributed by atoms with Gasteiger partial charge in [-0.1, -0.05) is 24.6 Å². The monoisotopic (exact) mass is 334 g/mol. The van der Waals surface area contributed by atoms with Crippen molar-refractivity contribution in [3.8, 4) is 5.88 Å². The molecule has 0 unspecified atom stereocenters. The van der Waals surface area contributed by atoms with E-state index in [9.17, 15) is 9.90 Å². The number of H-pyrrole nitrogens is 1. The largest absolute Gasteiger partial charge is 0.481 e. The molecule has 0 amide bonds. The molecule has 2 aromatic rings. The first-order chi connectivity index (χ1) is 11.7. The molecule has 0 aliphatic rings. The van der Waals surface area contributed by atoms with E-state index in [0.717, 1.165) is 12.0 Å². The molecule has 0 fully saturated rings. The van der Waals surface area contributed by atoms with E-state index in [4.69, 9.17) is 10.5 Å². The molecule has 9 heteroatoms. The van der Waals surface area contributed by atoms with Gasteiger partial charge in [-0.05, 0) is 18.4 Å². The van der Waals surface area contributed by atoms with Gasteiger partial charge in [-0.3, -0.25) is 4.79 Å². The van der Waals surface area contributed by atoms with Gasteiger partial charge in [0.05, 0.1) is 5.92 Å². The van der Waals surface area contributed by atoms with E-state index in [1.54, 1.807) is 12.3 Å². The van der Waals surface area contributed by atoms with Crippen LogP contribution in [0.1, 0.15) is 37.1 Å². The fraction of sp³-hybridized carbons (Fsp3) is 0.533. The molecule has 4 N–H and O–H groups in total. The molecule has 24 heavy (non-hydrogen) atoms. The Morgan fingerprint density at radius 2 is 2.29 bits per heavy atom. The quantitative estimate of drug-likeness (QED) is 0.578. The first kappa shape index (κ1) is 17.8. The molecule has 2 rings (SSSR count). The van der Waals surface area contributed by atoms with Crippen LogP contribution >= 0.6 is 0 Å². The third-order valence-electron chi connectivity index (χ3n) is 3.72. The summed E-state index contributed by atoms with van der Waals surface area (Å²) in [6.45, 7) is 2.77. The van der Waals surface area contributed by atoms with Gasteiger partial charge in [-0.2, -0.15) is 5.21 Å². The Balaban J connectivity index is 2.17. The third kappa shape index (κ3) is 4.72. The molecule has 130 valence electrons. The molecule has 0 saturated heterocycles. The molecule has 2 aromatic heterocycles. The number of ether oxygens (including phenoxy) is 1. The van der Waals surface area contributed by atoms with Crippen LogP contribution in [0.25, 0.3) is 0 Å². The third-order valence-corrected chi connectivity index (χ3v) is 3.72. The van der Waals surface area contributed by atoms with E-state index in [1.165, 1.54) is 0 Å². The Kier molecular flexibility index (Phi) is 6.62. The summed E-state index contributed by atoms with van der Waals surface area (Å²) in [4.78, 5) is 15.9. The summed E-state index contributed by atoms with van der Waals surface area (Å²) in [5, 5.41) is 23.5. The van der Waals surface area contributed by atoms with Crippen LogP contribution in [0.4, 0.5) is 0 Å². The highest BCUT2D eigenvalue weighted by Gasteiger charge is 2.32. The van der Waals surface area contributed by atoms with Gasteiger partial charge in [0.15, 0.2) is 5.82 Å². The minimum Gasteiger partial charge on any atom is -0.481 e. The number of tetrazole rings is 1. The predicted molar refractivity (Wildman–Crippen MR) is 85.4 cm³/mol. The number of hydrogen-bond donors (Lipinski definition) is 3. The first-order valence-electron chi connectivity index (χ1n) is 7.89. The molecular weight excluding hydrogens is 312 g/mol. The fourth-order valence-corrected chi connectivity index (χ4v) is 2.58. The van der Waals surface area contributed by atoms with Crippen LogP contribution in [-0.2, 0) is 11.2 Å². The fourth-order valence-electron chi connectivity index (χ4n) is 2.58. The van der Waals surface area contributed by atoms with Crippen molar-refractivity contribution >= 4 is 5.97 Å². The van der Waals surface area contributed by atoms with E-state index >= 15 is 0 Å². The number of aliphatic carboxylic acids is 1. The Bertz CT molecular complexity index is 617. The smallest absolute Gasteiger partial charge is 0.307 e. The van der Waals surface area contributed by atoms with Gasteiger partial charge in [-0.25, -0.2) is 4.98 Å². The minimum atomic E-state index is -0.859. The van der Waals surface area contributed by atoms with Gasteiger partial charge < -0.3 is 15.6 Å². The van der Waals surface area contributed by atoms with Crippen molar-refractivity contribution in [2.45, 2.75) is 32.1 Å². The molecule has 0 aliphatic carbocycles. The second kappa shape index (κ2) is 8.92. The zero-order chi connectivity index (χ0) is 17.4. The topological polar surface area (TPSA) is 140 Å². The van der Waals surface area contributed by atoms with E-state index in [1.807, 2.05) is 13.0 Å². The molecule has 0 spiro atoms. The molecule has 0 radical (unpaired) electrons. The molecule has 2 atom stereocenters. The number of aromatic nitrogens is 5. The van der Waals surface area contributed by atoms with Gasteiger partial charge >= 0.3 is 5.97 Å². The minimum absolute atomic E-state index is 0.376. The van der Waals surface area contributed by atoms with Gasteiger partial charge in [0.2, 0.25) is 5.88 Å². The summed E-state index contributed by atoms with van der Waals surface area (Å²) in [6, 6.07) is 3.60. The summed E-state index contributed by atoms with van der Waals surface area (Å²) in [5.74, 6) is -0.926. The maximum Gasteiger partial charge on any atom is 0.307 e. The van der Waals surface area contributed by atoms with E-state index in [0.29, 0.717) is 37.7 Å². The molecule has 2 heterocycles. The maximum atomic E-state index is 11.7. The summed E-state index contributed by atoms with van der Waals surface area (Å²) in [6.07, 6.45) is 3.43. The highest BCUT2D eigenvalue weighted by atomic mass is 16.5. The van der Waals surface area contributed by atoms with E-state index in [-0.39, 0.29) is 5.92 Å². The lowest BCUT2D eigenvalue weighted by molar-refractivity contribution is -0.142. The number of carboxylic acids is 1. The Morgan fingerprint density at radius 3 is 2.83 bits per heavy atom. The SMILES string of the molecule is CCC[C@H](C(=O)O)[C@H](Cc1ccc(OCCN)nc1)c1nn[nH]n1. The molecule has 0 saturated carbocycles. The first-order valence-corrected chi connectivity index (χ1v) is 7.89. The molecular formula is C15H22N6O3. The second-order valence-electron chi connectivity index (χ2n) is 5.46. The number of nitrogens with one attached hydrogen (secondary N) is 1. The summed E-state index contributed by atoms with van der Waals surface area (Å²) >= 11 is 0.